The summed E-state index contributed by atoms with van der Waals surface area (Å²) >= 11 is 0. The zero-order valence-corrected chi connectivity index (χ0v) is 12.8. The quantitative estimate of drug-likeness (QED) is 0.614. The van der Waals surface area contributed by atoms with Gasteiger partial charge in [-0.2, -0.15) is 23.4 Å². The number of fused-ring (bicyclic) bond motifs is 1. The molecule has 8 heteroatoms. The van der Waals surface area contributed by atoms with Crippen LogP contribution in [0.3, 0.4) is 0 Å². The first-order valence-corrected chi connectivity index (χ1v) is 7.47. The first kappa shape index (κ1) is 15.4. The van der Waals surface area contributed by atoms with E-state index in [9.17, 15) is 13.2 Å². The van der Waals surface area contributed by atoms with Crippen LogP contribution in [0.4, 0.5) is 13.2 Å². The zero-order chi connectivity index (χ0) is 17.4. The van der Waals surface area contributed by atoms with E-state index in [-0.39, 0.29) is 0 Å². The summed E-state index contributed by atoms with van der Waals surface area (Å²) in [4.78, 5) is 3.95. The minimum atomic E-state index is -4.43. The Morgan fingerprint density at radius 3 is 2.64 bits per heavy atom. The van der Waals surface area contributed by atoms with Crippen LogP contribution in [-0.4, -0.2) is 25.0 Å². The number of rotatable bonds is 3. The molecular weight excluding hydrogens is 331 g/mol. The molecule has 0 spiro atoms. The van der Waals surface area contributed by atoms with E-state index in [0.29, 0.717) is 28.6 Å². The number of alkyl halides is 3. The van der Waals surface area contributed by atoms with Crippen LogP contribution < -0.4 is 0 Å². The summed E-state index contributed by atoms with van der Waals surface area (Å²) in [5.74, 6) is 0. The predicted octanol–water partition coefficient (Wildman–Crippen LogP) is 3.89. The minimum Gasteiger partial charge on any atom is -0.278 e. The summed E-state index contributed by atoms with van der Waals surface area (Å²) in [6.07, 6.45) is 3.74. The molecule has 0 aliphatic heterocycles. The average molecular weight is 343 g/mol. The molecule has 4 aromatic rings. The van der Waals surface area contributed by atoms with E-state index >= 15 is 0 Å². The van der Waals surface area contributed by atoms with Crippen LogP contribution in [0.25, 0.3) is 22.0 Å². The number of aromatic amines is 1. The van der Waals surface area contributed by atoms with Crippen molar-refractivity contribution in [3.8, 4) is 11.1 Å². The van der Waals surface area contributed by atoms with Crippen molar-refractivity contribution in [3.63, 3.8) is 0 Å². The lowest BCUT2D eigenvalue weighted by Crippen LogP contribution is -2.05. The third kappa shape index (κ3) is 2.98. The molecule has 126 valence electrons. The Kier molecular flexibility index (Phi) is 3.52. The topological polar surface area (TPSA) is 59.4 Å². The van der Waals surface area contributed by atoms with E-state index in [1.54, 1.807) is 29.5 Å². The van der Waals surface area contributed by atoms with Gasteiger partial charge in [-0.05, 0) is 35.4 Å². The molecule has 3 aromatic heterocycles. The molecule has 1 N–H and O–H groups in total. The highest BCUT2D eigenvalue weighted by Gasteiger charge is 2.31. The van der Waals surface area contributed by atoms with E-state index in [1.165, 1.54) is 6.20 Å². The number of hydrogen-bond acceptors (Lipinski definition) is 3. The van der Waals surface area contributed by atoms with Crippen molar-refractivity contribution in [1.29, 1.82) is 0 Å². The molecule has 3 heterocycles. The number of hydrogen-bond donors (Lipinski definition) is 1. The van der Waals surface area contributed by atoms with E-state index in [4.69, 9.17) is 0 Å². The highest BCUT2D eigenvalue weighted by Crippen LogP contribution is 2.36. The molecular formula is C17H12F3N5. The molecule has 25 heavy (non-hydrogen) atoms. The number of benzene rings is 1. The second-order valence-corrected chi connectivity index (χ2v) is 5.63. The fraction of sp³-hybridized carbons (Fsp3) is 0.118. The van der Waals surface area contributed by atoms with E-state index in [2.05, 4.69) is 20.3 Å². The van der Waals surface area contributed by atoms with Crippen molar-refractivity contribution >= 4 is 10.9 Å². The Bertz CT molecular complexity index is 1020. The van der Waals surface area contributed by atoms with Crippen LogP contribution in [-0.2, 0) is 12.7 Å². The second kappa shape index (κ2) is 5.73. The van der Waals surface area contributed by atoms with Gasteiger partial charge in [-0.1, -0.05) is 0 Å². The van der Waals surface area contributed by atoms with Gasteiger partial charge >= 0.3 is 6.18 Å². The second-order valence-electron chi connectivity index (χ2n) is 5.63. The molecule has 0 fully saturated rings. The number of aromatic nitrogens is 5. The van der Waals surface area contributed by atoms with Gasteiger partial charge in [-0.15, -0.1) is 0 Å². The van der Waals surface area contributed by atoms with Crippen LogP contribution in [0.2, 0.25) is 0 Å². The average Bonchev–Trinajstić information content (AvgIpc) is 3.23. The zero-order valence-electron chi connectivity index (χ0n) is 12.8. The lowest BCUT2D eigenvalue weighted by atomic mass is 10.0. The molecule has 0 atom stereocenters. The van der Waals surface area contributed by atoms with Gasteiger partial charge in [-0.25, -0.2) is 0 Å². The van der Waals surface area contributed by atoms with E-state index < -0.39 is 11.7 Å². The first-order valence-electron chi connectivity index (χ1n) is 7.47. The molecule has 0 radical (unpaired) electrons. The summed E-state index contributed by atoms with van der Waals surface area (Å²) < 4.78 is 41.1. The Morgan fingerprint density at radius 1 is 1.08 bits per heavy atom. The van der Waals surface area contributed by atoms with Gasteiger partial charge in [-0.3, -0.25) is 14.8 Å². The van der Waals surface area contributed by atoms with Crippen LogP contribution >= 0.6 is 0 Å². The lowest BCUT2D eigenvalue weighted by molar-refractivity contribution is -0.137. The van der Waals surface area contributed by atoms with Crippen LogP contribution in [0.15, 0.2) is 55.2 Å². The Hall–Kier alpha value is -3.16. The monoisotopic (exact) mass is 343 g/mol. The highest BCUT2D eigenvalue weighted by molar-refractivity contribution is 5.94. The fourth-order valence-corrected chi connectivity index (χ4v) is 2.72. The van der Waals surface area contributed by atoms with Gasteiger partial charge in [0.1, 0.15) is 0 Å². The molecule has 1 aromatic carbocycles. The van der Waals surface area contributed by atoms with Gasteiger partial charge in [0.25, 0.3) is 0 Å². The molecule has 0 saturated heterocycles. The van der Waals surface area contributed by atoms with E-state index in [1.807, 2.05) is 12.1 Å². The number of pyridine rings is 1. The third-order valence-corrected chi connectivity index (χ3v) is 3.92. The van der Waals surface area contributed by atoms with Crippen molar-refractivity contribution in [2.75, 3.05) is 0 Å². The van der Waals surface area contributed by atoms with Crippen LogP contribution in [0, 0.1) is 0 Å². The lowest BCUT2D eigenvalue weighted by Gasteiger charge is -2.09. The molecule has 0 aliphatic carbocycles. The van der Waals surface area contributed by atoms with Crippen molar-refractivity contribution < 1.29 is 13.2 Å². The van der Waals surface area contributed by atoms with Gasteiger partial charge < -0.3 is 0 Å². The molecule has 0 bridgehead atoms. The van der Waals surface area contributed by atoms with Crippen LogP contribution in [0.1, 0.15) is 11.1 Å². The number of nitrogens with zero attached hydrogens (tertiary/aromatic N) is 4. The summed E-state index contributed by atoms with van der Waals surface area (Å²) in [7, 11) is 0. The number of halogens is 3. The smallest absolute Gasteiger partial charge is 0.278 e. The van der Waals surface area contributed by atoms with Crippen LogP contribution in [0.5, 0.6) is 0 Å². The highest BCUT2D eigenvalue weighted by atomic mass is 19.4. The van der Waals surface area contributed by atoms with Crippen molar-refractivity contribution in [2.45, 2.75) is 12.7 Å². The molecule has 0 unspecified atom stereocenters. The Labute approximate surface area is 140 Å². The summed E-state index contributed by atoms with van der Waals surface area (Å²) in [5, 5.41) is 11.3. The predicted molar refractivity (Wildman–Crippen MR) is 85.7 cm³/mol. The fourth-order valence-electron chi connectivity index (χ4n) is 2.72. The van der Waals surface area contributed by atoms with Gasteiger partial charge in [0, 0.05) is 29.5 Å². The standard InChI is InChI=1S/C17H12F3N5/c18-17(19,20)13-5-14(15-8-22-24-16(15)6-13)12-7-23-25(10-12)9-11-1-3-21-4-2-11/h1-8,10H,9H2,(H,22,24). The first-order chi connectivity index (χ1) is 12.0. The maximum Gasteiger partial charge on any atom is 0.416 e. The van der Waals surface area contributed by atoms with Gasteiger partial charge in [0.05, 0.1) is 30.0 Å². The molecule has 0 amide bonds. The normalized spacial score (nSPS) is 12.0. The molecule has 5 nitrogen and oxygen atoms in total. The molecule has 0 aliphatic rings. The molecule has 0 saturated carbocycles. The summed E-state index contributed by atoms with van der Waals surface area (Å²) in [6, 6.07) is 5.92. The minimum absolute atomic E-state index is 0.340. The van der Waals surface area contributed by atoms with Crippen molar-refractivity contribution in [1.82, 2.24) is 25.0 Å². The SMILES string of the molecule is FC(F)(F)c1cc(-c2cnn(Cc3ccncc3)c2)c2cn[nH]c2c1. The van der Waals surface area contributed by atoms with Crippen molar-refractivity contribution in [2.24, 2.45) is 0 Å². The maximum absolute atomic E-state index is 13.1. The third-order valence-electron chi connectivity index (χ3n) is 3.92. The number of H-pyrrole nitrogens is 1. The van der Waals surface area contributed by atoms with Gasteiger partial charge in [0.15, 0.2) is 0 Å². The maximum atomic E-state index is 13.1. The van der Waals surface area contributed by atoms with E-state index in [0.717, 1.165) is 17.7 Å². The molecule has 4 rings (SSSR count). The Morgan fingerprint density at radius 2 is 1.88 bits per heavy atom. The summed E-state index contributed by atoms with van der Waals surface area (Å²) in [6.45, 7) is 0.510. The Balaban J connectivity index is 1.76. The van der Waals surface area contributed by atoms with Gasteiger partial charge in [0.2, 0.25) is 0 Å². The van der Waals surface area contributed by atoms with Crippen molar-refractivity contribution in [3.05, 3.63) is 66.4 Å². The number of nitrogens with one attached hydrogen (secondary N) is 1. The largest absolute Gasteiger partial charge is 0.416 e. The summed E-state index contributed by atoms with van der Waals surface area (Å²) in [5.41, 5.74) is 1.67.